The van der Waals surface area contributed by atoms with E-state index in [2.05, 4.69) is 0 Å². The first-order chi connectivity index (χ1) is 13.8. The molecule has 1 N–H and O–H groups in total. The van der Waals surface area contributed by atoms with E-state index in [0.29, 0.717) is 85.7 Å². The quantitative estimate of drug-likeness (QED) is 0.194. The first-order valence-electron chi connectivity index (χ1n) is 10.0. The Morgan fingerprint density at radius 3 is 1.32 bits per heavy atom. The van der Waals surface area contributed by atoms with Gasteiger partial charge in [-0.1, -0.05) is 13.3 Å². The highest BCUT2D eigenvalue weighted by molar-refractivity contribution is 5.69. The number of aliphatic hydroxyl groups is 1. The number of hydrogen-bond acceptors (Lipinski definition) is 9. The minimum Gasteiger partial charge on any atom is -0.463 e. The van der Waals surface area contributed by atoms with Crippen molar-refractivity contribution in [1.29, 1.82) is 0 Å². The van der Waals surface area contributed by atoms with Gasteiger partial charge in [0.1, 0.15) is 6.61 Å². The van der Waals surface area contributed by atoms with E-state index in [1.54, 1.807) is 0 Å². The van der Waals surface area contributed by atoms with Crippen LogP contribution in [0.2, 0.25) is 0 Å². The Morgan fingerprint density at radius 2 is 0.964 bits per heavy atom. The molecular weight excluding hydrogens is 372 g/mol. The third kappa shape index (κ3) is 23.2. The van der Waals surface area contributed by atoms with Crippen LogP contribution >= 0.6 is 0 Å². The van der Waals surface area contributed by atoms with Crippen LogP contribution in [0, 0.1) is 0 Å². The molecule has 9 nitrogen and oxygen atoms in total. The Balaban J connectivity index is 3.04. The predicted octanol–water partition coefficient (Wildman–Crippen LogP) is 0.812. The number of carbonyl (C=O) groups excluding carboxylic acids is 1. The van der Waals surface area contributed by atoms with E-state index in [1.807, 2.05) is 6.92 Å². The minimum absolute atomic E-state index is 0.0276. The van der Waals surface area contributed by atoms with Crippen molar-refractivity contribution in [2.45, 2.75) is 26.2 Å². The lowest BCUT2D eigenvalue weighted by atomic mass is 10.2. The normalized spacial score (nSPS) is 11.1. The third-order valence-electron chi connectivity index (χ3n) is 3.32. The maximum absolute atomic E-state index is 11.3. The molecule has 0 aliphatic rings. The van der Waals surface area contributed by atoms with Gasteiger partial charge in [-0.15, -0.1) is 0 Å². The van der Waals surface area contributed by atoms with E-state index >= 15 is 0 Å². The number of rotatable bonds is 23. The van der Waals surface area contributed by atoms with E-state index in [0.717, 1.165) is 12.8 Å². The molecule has 0 spiro atoms. The molecular formula is C19H38O9. The van der Waals surface area contributed by atoms with E-state index < -0.39 is 0 Å². The molecule has 0 bridgehead atoms. The largest absolute Gasteiger partial charge is 0.463 e. The average molecular weight is 411 g/mol. The number of unbranched alkanes of at least 4 members (excludes halogenated alkanes) is 1. The molecule has 0 amide bonds. The van der Waals surface area contributed by atoms with Crippen LogP contribution in [0.1, 0.15) is 26.2 Å². The van der Waals surface area contributed by atoms with Gasteiger partial charge < -0.3 is 38.3 Å². The van der Waals surface area contributed by atoms with E-state index in [4.69, 9.17) is 38.3 Å². The molecule has 0 aromatic carbocycles. The van der Waals surface area contributed by atoms with Crippen LogP contribution < -0.4 is 0 Å². The van der Waals surface area contributed by atoms with Crippen molar-refractivity contribution in [1.82, 2.24) is 0 Å². The monoisotopic (exact) mass is 410 g/mol. The summed E-state index contributed by atoms with van der Waals surface area (Å²) >= 11 is 0. The van der Waals surface area contributed by atoms with Crippen LogP contribution in [0.4, 0.5) is 0 Å². The first-order valence-corrected chi connectivity index (χ1v) is 10.0. The van der Waals surface area contributed by atoms with Crippen molar-refractivity contribution in [3.05, 3.63) is 0 Å². The number of ether oxygens (including phenoxy) is 7. The summed E-state index contributed by atoms with van der Waals surface area (Å²) in [5.41, 5.74) is 0. The molecule has 0 atom stereocenters. The summed E-state index contributed by atoms with van der Waals surface area (Å²) in [5.74, 6) is -0.167. The third-order valence-corrected chi connectivity index (χ3v) is 3.32. The Bertz CT molecular complexity index is 316. The van der Waals surface area contributed by atoms with Gasteiger partial charge in [-0.3, -0.25) is 4.79 Å². The van der Waals surface area contributed by atoms with Crippen LogP contribution in [0.3, 0.4) is 0 Å². The summed E-state index contributed by atoms with van der Waals surface area (Å²) in [6.07, 6.45) is 2.32. The van der Waals surface area contributed by atoms with Gasteiger partial charge in [0, 0.05) is 6.42 Å². The Hall–Kier alpha value is -0.810. The summed E-state index contributed by atoms with van der Waals surface area (Å²) in [7, 11) is 0. The van der Waals surface area contributed by atoms with Crippen molar-refractivity contribution in [3.8, 4) is 0 Å². The first kappa shape index (κ1) is 27.2. The maximum Gasteiger partial charge on any atom is 0.305 e. The van der Waals surface area contributed by atoms with Gasteiger partial charge in [0.25, 0.3) is 0 Å². The zero-order valence-electron chi connectivity index (χ0n) is 17.2. The lowest BCUT2D eigenvalue weighted by Crippen LogP contribution is -2.15. The Kier molecular flexibility index (Phi) is 23.5. The molecule has 0 saturated carbocycles. The fourth-order valence-corrected chi connectivity index (χ4v) is 1.87. The predicted molar refractivity (Wildman–Crippen MR) is 102 cm³/mol. The fraction of sp³-hybridized carbons (Fsp3) is 0.947. The summed E-state index contributed by atoms with van der Waals surface area (Å²) in [4.78, 5) is 11.3. The van der Waals surface area contributed by atoms with Gasteiger partial charge in [0.15, 0.2) is 0 Å². The van der Waals surface area contributed by atoms with Gasteiger partial charge >= 0.3 is 5.97 Å². The second-order valence-electron chi connectivity index (χ2n) is 5.72. The molecule has 0 aromatic rings. The van der Waals surface area contributed by atoms with E-state index in [-0.39, 0.29) is 19.2 Å². The van der Waals surface area contributed by atoms with Gasteiger partial charge in [-0.25, -0.2) is 0 Å². The van der Waals surface area contributed by atoms with E-state index in [9.17, 15) is 4.79 Å². The van der Waals surface area contributed by atoms with E-state index in [1.165, 1.54) is 0 Å². The highest BCUT2D eigenvalue weighted by Crippen LogP contribution is 1.96. The molecule has 0 saturated heterocycles. The van der Waals surface area contributed by atoms with Crippen molar-refractivity contribution in [2.75, 3.05) is 92.5 Å². The highest BCUT2D eigenvalue weighted by Gasteiger charge is 2.01. The van der Waals surface area contributed by atoms with Gasteiger partial charge in [-0.2, -0.15) is 0 Å². The summed E-state index contributed by atoms with van der Waals surface area (Å²) < 4.78 is 36.8. The molecule has 0 aliphatic carbocycles. The molecule has 9 heteroatoms. The van der Waals surface area contributed by atoms with Crippen LogP contribution in [-0.4, -0.2) is 104 Å². The Morgan fingerprint density at radius 1 is 0.607 bits per heavy atom. The molecule has 0 heterocycles. The molecule has 0 radical (unpaired) electrons. The second kappa shape index (κ2) is 24.2. The number of hydrogen-bond donors (Lipinski definition) is 1. The molecule has 0 aromatic heterocycles. The zero-order valence-corrected chi connectivity index (χ0v) is 17.2. The van der Waals surface area contributed by atoms with Gasteiger partial charge in [0.2, 0.25) is 0 Å². The number of esters is 1. The molecule has 28 heavy (non-hydrogen) atoms. The van der Waals surface area contributed by atoms with Gasteiger partial charge in [0.05, 0.1) is 85.9 Å². The lowest BCUT2D eigenvalue weighted by Gasteiger charge is -2.08. The van der Waals surface area contributed by atoms with Crippen molar-refractivity contribution < 1.29 is 43.1 Å². The standard InChI is InChI=1S/C19H38O9/c1-2-3-4-19(21)28-18-17-27-16-15-26-14-13-25-12-11-24-10-9-23-8-7-22-6-5-20/h20H,2-18H2,1H3. The zero-order chi connectivity index (χ0) is 20.5. The molecule has 0 unspecified atom stereocenters. The Labute approximate surface area is 168 Å². The highest BCUT2D eigenvalue weighted by atomic mass is 16.6. The van der Waals surface area contributed by atoms with Gasteiger partial charge in [-0.05, 0) is 6.42 Å². The lowest BCUT2D eigenvalue weighted by molar-refractivity contribution is -0.145. The van der Waals surface area contributed by atoms with Crippen LogP contribution in [0.25, 0.3) is 0 Å². The van der Waals surface area contributed by atoms with Crippen LogP contribution in [-0.2, 0) is 38.0 Å². The molecule has 0 aliphatic heterocycles. The van der Waals surface area contributed by atoms with Crippen LogP contribution in [0.15, 0.2) is 0 Å². The minimum atomic E-state index is -0.167. The number of aliphatic hydroxyl groups excluding tert-OH is 1. The summed E-state index contributed by atoms with van der Waals surface area (Å²) in [5, 5.41) is 8.52. The summed E-state index contributed by atoms with van der Waals surface area (Å²) in [6.45, 7) is 7.97. The summed E-state index contributed by atoms with van der Waals surface area (Å²) in [6, 6.07) is 0. The topological polar surface area (TPSA) is 102 Å². The number of carbonyl (C=O) groups is 1. The SMILES string of the molecule is CCCCC(=O)OCCOCCOCCOCCOCCOCCOCCO. The van der Waals surface area contributed by atoms with Crippen molar-refractivity contribution in [2.24, 2.45) is 0 Å². The van der Waals surface area contributed by atoms with Crippen molar-refractivity contribution >= 4 is 5.97 Å². The van der Waals surface area contributed by atoms with Crippen LogP contribution in [0.5, 0.6) is 0 Å². The fourth-order valence-electron chi connectivity index (χ4n) is 1.87. The average Bonchev–Trinajstić information content (AvgIpc) is 2.70. The molecule has 168 valence electrons. The van der Waals surface area contributed by atoms with Crippen molar-refractivity contribution in [3.63, 3.8) is 0 Å². The second-order valence-corrected chi connectivity index (χ2v) is 5.72. The molecule has 0 rings (SSSR count). The maximum atomic E-state index is 11.3. The smallest absolute Gasteiger partial charge is 0.305 e. The molecule has 0 fully saturated rings.